The minimum absolute atomic E-state index is 0.0450. The molecular formula is C10H17N5O. The molecule has 1 amide bonds. The lowest BCUT2D eigenvalue weighted by molar-refractivity contribution is -0.125. The van der Waals surface area contributed by atoms with Crippen LogP contribution < -0.4 is 10.6 Å². The van der Waals surface area contributed by atoms with Gasteiger partial charge in [-0.25, -0.2) is 4.98 Å². The summed E-state index contributed by atoms with van der Waals surface area (Å²) >= 11 is 0. The van der Waals surface area contributed by atoms with Gasteiger partial charge in [-0.05, 0) is 25.3 Å². The van der Waals surface area contributed by atoms with Crippen LogP contribution in [0, 0.1) is 5.92 Å². The van der Waals surface area contributed by atoms with Gasteiger partial charge in [-0.2, -0.15) is 5.10 Å². The summed E-state index contributed by atoms with van der Waals surface area (Å²) in [6, 6.07) is -0.0725. The van der Waals surface area contributed by atoms with Crippen molar-refractivity contribution in [3.63, 3.8) is 0 Å². The van der Waals surface area contributed by atoms with Gasteiger partial charge >= 0.3 is 0 Å². The normalized spacial score (nSPS) is 25.3. The number of H-pyrrole nitrogens is 1. The molecule has 88 valence electrons. The zero-order valence-corrected chi connectivity index (χ0v) is 9.36. The molecule has 0 saturated carbocycles. The minimum Gasteiger partial charge on any atom is -0.347 e. The molecular weight excluding hydrogens is 206 g/mol. The van der Waals surface area contributed by atoms with E-state index in [1.165, 1.54) is 6.33 Å². The molecule has 2 unspecified atom stereocenters. The van der Waals surface area contributed by atoms with E-state index in [-0.39, 0.29) is 11.9 Å². The van der Waals surface area contributed by atoms with Gasteiger partial charge in [0.05, 0.1) is 12.6 Å². The van der Waals surface area contributed by atoms with E-state index in [1.807, 2.05) is 0 Å². The van der Waals surface area contributed by atoms with E-state index in [0.717, 1.165) is 19.4 Å². The molecule has 0 radical (unpaired) electrons. The molecule has 6 nitrogen and oxygen atoms in total. The first-order chi connectivity index (χ1) is 7.77. The molecule has 1 fully saturated rings. The van der Waals surface area contributed by atoms with Gasteiger partial charge in [0.1, 0.15) is 12.2 Å². The lowest BCUT2D eigenvalue weighted by Crippen LogP contribution is -2.50. The Kier molecular flexibility index (Phi) is 3.51. The fraction of sp³-hybridized carbons (Fsp3) is 0.700. The summed E-state index contributed by atoms with van der Waals surface area (Å²) in [5.74, 6) is 1.11. The topological polar surface area (TPSA) is 82.7 Å². The Balaban J connectivity index is 1.83. The third-order valence-electron chi connectivity index (χ3n) is 2.95. The summed E-state index contributed by atoms with van der Waals surface area (Å²) in [5.41, 5.74) is 0. The van der Waals surface area contributed by atoms with E-state index in [1.54, 1.807) is 0 Å². The second-order valence-electron chi connectivity index (χ2n) is 4.20. The molecule has 1 aromatic heterocycles. The second-order valence-corrected chi connectivity index (χ2v) is 4.20. The highest BCUT2D eigenvalue weighted by atomic mass is 16.2. The lowest BCUT2D eigenvalue weighted by Gasteiger charge is -2.28. The van der Waals surface area contributed by atoms with E-state index >= 15 is 0 Å². The van der Waals surface area contributed by atoms with Crippen LogP contribution in [0.25, 0.3) is 0 Å². The van der Waals surface area contributed by atoms with Crippen LogP contribution in [-0.4, -0.2) is 33.7 Å². The summed E-state index contributed by atoms with van der Waals surface area (Å²) < 4.78 is 0. The lowest BCUT2D eigenvalue weighted by atomic mass is 9.92. The molecule has 1 saturated heterocycles. The van der Waals surface area contributed by atoms with Crippen LogP contribution in [0.4, 0.5) is 0 Å². The standard InChI is InChI=1S/C10H17N5O/c1-7-3-2-4-11-9(7)10(16)12-5-8-13-6-14-15-8/h6-7,9,11H,2-5H2,1H3,(H,12,16)(H,13,14,15). The molecule has 0 aliphatic carbocycles. The monoisotopic (exact) mass is 223 g/mol. The number of carbonyl (C=O) groups is 1. The number of rotatable bonds is 3. The molecule has 2 heterocycles. The number of nitrogens with zero attached hydrogens (tertiary/aromatic N) is 2. The van der Waals surface area contributed by atoms with Crippen molar-refractivity contribution in [2.75, 3.05) is 6.54 Å². The molecule has 0 spiro atoms. The maximum atomic E-state index is 11.9. The van der Waals surface area contributed by atoms with Crippen LogP contribution in [0.3, 0.4) is 0 Å². The molecule has 0 bridgehead atoms. The molecule has 6 heteroatoms. The summed E-state index contributed by atoms with van der Waals surface area (Å²) in [7, 11) is 0. The maximum absolute atomic E-state index is 11.9. The van der Waals surface area contributed by atoms with E-state index < -0.39 is 0 Å². The van der Waals surface area contributed by atoms with E-state index in [4.69, 9.17) is 0 Å². The average molecular weight is 223 g/mol. The highest BCUT2D eigenvalue weighted by Gasteiger charge is 2.26. The molecule has 2 atom stereocenters. The van der Waals surface area contributed by atoms with Crippen LogP contribution in [0.5, 0.6) is 0 Å². The van der Waals surface area contributed by atoms with Crippen LogP contribution in [-0.2, 0) is 11.3 Å². The Morgan fingerprint density at radius 1 is 1.69 bits per heavy atom. The first-order valence-corrected chi connectivity index (χ1v) is 5.62. The SMILES string of the molecule is CC1CCCNC1C(=O)NCc1ncn[nH]1. The molecule has 2 rings (SSSR count). The van der Waals surface area contributed by atoms with Gasteiger partial charge in [-0.3, -0.25) is 9.89 Å². The van der Waals surface area contributed by atoms with Crippen molar-refractivity contribution < 1.29 is 4.79 Å². The van der Waals surface area contributed by atoms with Gasteiger partial charge in [-0.15, -0.1) is 0 Å². The number of aromatic amines is 1. The van der Waals surface area contributed by atoms with Crippen molar-refractivity contribution in [1.29, 1.82) is 0 Å². The second kappa shape index (κ2) is 5.07. The predicted octanol–water partition coefficient (Wildman–Crippen LogP) is -0.191. The first-order valence-electron chi connectivity index (χ1n) is 5.62. The van der Waals surface area contributed by atoms with Gasteiger partial charge in [0.15, 0.2) is 0 Å². The molecule has 0 aromatic carbocycles. The molecule has 16 heavy (non-hydrogen) atoms. The van der Waals surface area contributed by atoms with E-state index in [9.17, 15) is 4.79 Å². The van der Waals surface area contributed by atoms with Crippen LogP contribution >= 0.6 is 0 Å². The predicted molar refractivity (Wildman–Crippen MR) is 58.4 cm³/mol. The highest BCUT2D eigenvalue weighted by Crippen LogP contribution is 2.15. The molecule has 3 N–H and O–H groups in total. The van der Waals surface area contributed by atoms with Crippen molar-refractivity contribution in [1.82, 2.24) is 25.8 Å². The van der Waals surface area contributed by atoms with Gasteiger partial charge in [0, 0.05) is 0 Å². The van der Waals surface area contributed by atoms with Crippen molar-refractivity contribution in [3.8, 4) is 0 Å². The van der Waals surface area contributed by atoms with E-state index in [2.05, 4.69) is 32.7 Å². The zero-order chi connectivity index (χ0) is 11.4. The average Bonchev–Trinajstić information content (AvgIpc) is 2.79. The zero-order valence-electron chi connectivity index (χ0n) is 9.36. The fourth-order valence-electron chi connectivity index (χ4n) is 2.00. The summed E-state index contributed by atoms with van der Waals surface area (Å²) in [4.78, 5) is 15.8. The number of hydrogen-bond donors (Lipinski definition) is 3. The van der Waals surface area contributed by atoms with Crippen molar-refractivity contribution in [2.45, 2.75) is 32.4 Å². The van der Waals surface area contributed by atoms with Crippen LogP contribution in [0.15, 0.2) is 6.33 Å². The summed E-state index contributed by atoms with van der Waals surface area (Å²) in [5, 5.41) is 12.5. The summed E-state index contributed by atoms with van der Waals surface area (Å²) in [6.45, 7) is 3.43. The number of piperidine rings is 1. The number of carbonyl (C=O) groups excluding carboxylic acids is 1. The molecule has 1 aliphatic rings. The quantitative estimate of drug-likeness (QED) is 0.663. The third-order valence-corrected chi connectivity index (χ3v) is 2.95. The van der Waals surface area contributed by atoms with E-state index in [0.29, 0.717) is 18.3 Å². The van der Waals surface area contributed by atoms with Gasteiger partial charge in [0.25, 0.3) is 0 Å². The smallest absolute Gasteiger partial charge is 0.237 e. The fourth-order valence-corrected chi connectivity index (χ4v) is 2.00. The Morgan fingerprint density at radius 3 is 3.25 bits per heavy atom. The number of nitrogens with one attached hydrogen (secondary N) is 3. The van der Waals surface area contributed by atoms with Gasteiger partial charge < -0.3 is 10.6 Å². The minimum atomic E-state index is -0.0725. The van der Waals surface area contributed by atoms with Crippen molar-refractivity contribution in [3.05, 3.63) is 12.2 Å². The van der Waals surface area contributed by atoms with Crippen molar-refractivity contribution in [2.24, 2.45) is 5.92 Å². The number of aromatic nitrogens is 3. The first kappa shape index (κ1) is 11.1. The molecule has 1 aromatic rings. The number of amides is 1. The Labute approximate surface area is 94.2 Å². The number of hydrogen-bond acceptors (Lipinski definition) is 4. The Bertz CT molecular complexity index is 337. The van der Waals surface area contributed by atoms with Crippen LogP contribution in [0.2, 0.25) is 0 Å². The Morgan fingerprint density at radius 2 is 2.56 bits per heavy atom. The largest absolute Gasteiger partial charge is 0.347 e. The maximum Gasteiger partial charge on any atom is 0.237 e. The summed E-state index contributed by atoms with van der Waals surface area (Å²) in [6.07, 6.45) is 3.68. The highest BCUT2D eigenvalue weighted by molar-refractivity contribution is 5.82. The molecule has 1 aliphatic heterocycles. The van der Waals surface area contributed by atoms with Gasteiger partial charge in [0.2, 0.25) is 5.91 Å². The van der Waals surface area contributed by atoms with Gasteiger partial charge in [-0.1, -0.05) is 6.92 Å². The van der Waals surface area contributed by atoms with Crippen molar-refractivity contribution >= 4 is 5.91 Å². The third kappa shape index (κ3) is 2.57. The van der Waals surface area contributed by atoms with Crippen LogP contribution in [0.1, 0.15) is 25.6 Å². The Hall–Kier alpha value is -1.43.